The van der Waals surface area contributed by atoms with Gasteiger partial charge in [0.2, 0.25) is 6.29 Å². The number of hydrogen-bond acceptors (Lipinski definition) is 6. The summed E-state index contributed by atoms with van der Waals surface area (Å²) >= 11 is 0. The van der Waals surface area contributed by atoms with Crippen LogP contribution in [0.5, 0.6) is 0 Å². The van der Waals surface area contributed by atoms with Crippen LogP contribution in [0.15, 0.2) is 24.3 Å². The number of Topliss-reactive ketones (excluding diaryl/α,β-unsaturated/α-hetero) is 1. The molecule has 1 aromatic carbocycles. The second kappa shape index (κ2) is 4.68. The number of aromatic nitrogens is 4. The van der Waals surface area contributed by atoms with Crippen LogP contribution in [-0.4, -0.2) is 45.0 Å². The van der Waals surface area contributed by atoms with Crippen LogP contribution in [0.25, 0.3) is 11.4 Å². The molecule has 0 spiro atoms. The van der Waals surface area contributed by atoms with Gasteiger partial charge in [0.05, 0.1) is 18.2 Å². The molecule has 2 bridgehead atoms. The maximum atomic E-state index is 13.9. The van der Waals surface area contributed by atoms with Crippen molar-refractivity contribution in [3.05, 3.63) is 30.1 Å². The second-order valence-corrected chi connectivity index (χ2v) is 5.00. The van der Waals surface area contributed by atoms with Crippen molar-refractivity contribution in [2.24, 2.45) is 0 Å². The van der Waals surface area contributed by atoms with Gasteiger partial charge in [-0.05, 0) is 22.6 Å². The standard InChI is InChI=1S/C13H11FN4O3/c14-8-4-2-1-3-7(8)12-15-16-17-18(12)9-5-10(19)13-20-6-11(9)21-13/h1-4,9,11,13H,5-6H2/t9-,11-,13-/m0/s1. The quantitative estimate of drug-likeness (QED) is 0.811. The Hall–Kier alpha value is -2.19. The molecule has 2 aromatic rings. The Balaban J connectivity index is 1.76. The lowest BCUT2D eigenvalue weighted by Crippen LogP contribution is -2.37. The molecule has 2 aliphatic rings. The van der Waals surface area contributed by atoms with Crippen molar-refractivity contribution >= 4 is 5.78 Å². The highest BCUT2D eigenvalue weighted by Crippen LogP contribution is 2.34. The molecule has 0 saturated carbocycles. The molecule has 2 saturated heterocycles. The number of hydrogen-bond donors (Lipinski definition) is 0. The summed E-state index contributed by atoms with van der Waals surface area (Å²) in [5, 5.41) is 11.4. The monoisotopic (exact) mass is 290 g/mol. The largest absolute Gasteiger partial charge is 0.343 e. The third-order valence-electron chi connectivity index (χ3n) is 3.73. The summed E-state index contributed by atoms with van der Waals surface area (Å²) < 4.78 is 26.1. The molecule has 2 aliphatic heterocycles. The third-order valence-corrected chi connectivity index (χ3v) is 3.73. The molecule has 1 aromatic heterocycles. The summed E-state index contributed by atoms with van der Waals surface area (Å²) in [6, 6.07) is 5.84. The molecule has 7 nitrogen and oxygen atoms in total. The van der Waals surface area contributed by atoms with Crippen LogP contribution < -0.4 is 0 Å². The van der Waals surface area contributed by atoms with E-state index in [1.165, 1.54) is 10.7 Å². The summed E-state index contributed by atoms with van der Waals surface area (Å²) in [7, 11) is 0. The highest BCUT2D eigenvalue weighted by Gasteiger charge is 2.45. The summed E-state index contributed by atoms with van der Waals surface area (Å²) in [4.78, 5) is 11.9. The fourth-order valence-electron chi connectivity index (χ4n) is 2.70. The Kier molecular flexibility index (Phi) is 2.79. The molecule has 0 amide bonds. The van der Waals surface area contributed by atoms with Gasteiger partial charge >= 0.3 is 0 Å². The molecule has 0 unspecified atom stereocenters. The number of ketones is 1. The number of rotatable bonds is 2. The molecule has 4 rings (SSSR count). The molecule has 21 heavy (non-hydrogen) atoms. The van der Waals surface area contributed by atoms with Crippen LogP contribution in [0.2, 0.25) is 0 Å². The van der Waals surface area contributed by atoms with Gasteiger partial charge in [-0.3, -0.25) is 4.79 Å². The number of nitrogens with zero attached hydrogens (tertiary/aromatic N) is 4. The number of carbonyl (C=O) groups excluding carboxylic acids is 1. The van der Waals surface area contributed by atoms with E-state index in [2.05, 4.69) is 15.5 Å². The van der Waals surface area contributed by atoms with Gasteiger partial charge < -0.3 is 9.47 Å². The highest BCUT2D eigenvalue weighted by molar-refractivity contribution is 5.83. The summed E-state index contributed by atoms with van der Waals surface area (Å²) in [5.74, 6) is -0.291. The summed E-state index contributed by atoms with van der Waals surface area (Å²) in [6.45, 7) is 0.303. The van der Waals surface area contributed by atoms with E-state index in [-0.39, 0.29) is 35.7 Å². The molecule has 108 valence electrons. The minimum atomic E-state index is -0.778. The van der Waals surface area contributed by atoms with E-state index in [9.17, 15) is 9.18 Å². The van der Waals surface area contributed by atoms with E-state index in [1.54, 1.807) is 18.2 Å². The van der Waals surface area contributed by atoms with Crippen LogP contribution in [-0.2, 0) is 14.3 Å². The Labute approximate surface area is 118 Å². The van der Waals surface area contributed by atoms with Crippen molar-refractivity contribution in [3.8, 4) is 11.4 Å². The van der Waals surface area contributed by atoms with Gasteiger partial charge in [-0.2, -0.15) is 0 Å². The molecule has 8 heteroatoms. The topological polar surface area (TPSA) is 79.1 Å². The van der Waals surface area contributed by atoms with E-state index in [4.69, 9.17) is 9.47 Å². The fraction of sp³-hybridized carbons (Fsp3) is 0.385. The Morgan fingerprint density at radius 3 is 3.05 bits per heavy atom. The van der Waals surface area contributed by atoms with Crippen molar-refractivity contribution in [1.82, 2.24) is 20.2 Å². The average molecular weight is 290 g/mol. The maximum absolute atomic E-state index is 13.9. The van der Waals surface area contributed by atoms with Gasteiger partial charge in [0, 0.05) is 6.42 Å². The Morgan fingerprint density at radius 1 is 1.33 bits per heavy atom. The number of halogens is 1. The lowest BCUT2D eigenvalue weighted by molar-refractivity contribution is -0.156. The molecule has 0 aliphatic carbocycles. The van der Waals surface area contributed by atoms with Crippen LogP contribution >= 0.6 is 0 Å². The minimum Gasteiger partial charge on any atom is -0.343 e. The predicted molar refractivity (Wildman–Crippen MR) is 66.5 cm³/mol. The van der Waals surface area contributed by atoms with Gasteiger partial charge in [-0.15, -0.1) is 5.10 Å². The zero-order valence-corrected chi connectivity index (χ0v) is 10.8. The van der Waals surface area contributed by atoms with Crippen LogP contribution in [0.4, 0.5) is 4.39 Å². The lowest BCUT2D eigenvalue weighted by Gasteiger charge is -2.26. The molecule has 0 radical (unpaired) electrons. The van der Waals surface area contributed by atoms with E-state index in [0.29, 0.717) is 6.61 Å². The van der Waals surface area contributed by atoms with Crippen molar-refractivity contribution in [2.45, 2.75) is 24.9 Å². The second-order valence-electron chi connectivity index (χ2n) is 5.00. The number of benzene rings is 1. The third kappa shape index (κ3) is 1.95. The summed E-state index contributed by atoms with van der Waals surface area (Å²) in [6.07, 6.45) is -0.872. The first-order valence-electron chi connectivity index (χ1n) is 6.56. The fourth-order valence-corrected chi connectivity index (χ4v) is 2.70. The SMILES string of the molecule is O=C1C[C@H](n2nnnc2-c2ccccc2F)[C@@H]2CO[C@H]1O2. The van der Waals surface area contributed by atoms with E-state index < -0.39 is 12.1 Å². The van der Waals surface area contributed by atoms with E-state index in [0.717, 1.165) is 0 Å². The smallest absolute Gasteiger partial charge is 0.218 e. The Bertz CT molecular complexity index is 704. The number of fused-ring (bicyclic) bond motifs is 2. The van der Waals surface area contributed by atoms with Crippen LogP contribution in [0.1, 0.15) is 12.5 Å². The zero-order valence-electron chi connectivity index (χ0n) is 10.8. The zero-order chi connectivity index (χ0) is 14.4. The van der Waals surface area contributed by atoms with Crippen molar-refractivity contribution in [3.63, 3.8) is 0 Å². The first-order valence-corrected chi connectivity index (χ1v) is 6.56. The van der Waals surface area contributed by atoms with Gasteiger partial charge in [-0.1, -0.05) is 12.1 Å². The number of tetrazole rings is 1. The highest BCUT2D eigenvalue weighted by atomic mass is 19.1. The minimum absolute atomic E-state index is 0.149. The molecular weight excluding hydrogens is 279 g/mol. The van der Waals surface area contributed by atoms with Gasteiger partial charge in [0.1, 0.15) is 11.9 Å². The molecule has 0 N–H and O–H groups in total. The number of ether oxygens (including phenoxy) is 2. The van der Waals surface area contributed by atoms with Crippen molar-refractivity contribution < 1.29 is 18.7 Å². The van der Waals surface area contributed by atoms with Crippen LogP contribution in [0.3, 0.4) is 0 Å². The van der Waals surface area contributed by atoms with Gasteiger partial charge in [0.25, 0.3) is 0 Å². The Morgan fingerprint density at radius 2 is 2.19 bits per heavy atom. The molecular formula is C13H11FN4O3. The first kappa shape index (κ1) is 12.5. The molecule has 3 atom stereocenters. The molecule has 3 heterocycles. The van der Waals surface area contributed by atoms with Crippen LogP contribution in [0, 0.1) is 5.82 Å². The van der Waals surface area contributed by atoms with E-state index >= 15 is 0 Å². The predicted octanol–water partition coefficient (Wildman–Crippen LogP) is 0.735. The van der Waals surface area contributed by atoms with E-state index in [1.807, 2.05) is 0 Å². The summed E-state index contributed by atoms with van der Waals surface area (Å²) in [5.41, 5.74) is 0.288. The lowest BCUT2D eigenvalue weighted by atomic mass is 10.0. The van der Waals surface area contributed by atoms with Gasteiger partial charge in [-0.25, -0.2) is 9.07 Å². The van der Waals surface area contributed by atoms with Crippen molar-refractivity contribution in [1.29, 1.82) is 0 Å². The molecule has 2 fully saturated rings. The maximum Gasteiger partial charge on any atom is 0.218 e. The average Bonchev–Trinajstić information content (AvgIpc) is 3.12. The first-order chi connectivity index (χ1) is 10.2. The number of carbonyl (C=O) groups is 1. The normalized spacial score (nSPS) is 28.0. The van der Waals surface area contributed by atoms with Crippen molar-refractivity contribution in [2.75, 3.05) is 6.61 Å². The van der Waals surface area contributed by atoms with Gasteiger partial charge in [0.15, 0.2) is 11.6 Å².